The first-order chi connectivity index (χ1) is 8.06. The van der Waals surface area contributed by atoms with Crippen molar-refractivity contribution in [2.24, 2.45) is 0 Å². The normalized spacial score (nSPS) is 17.1. The summed E-state index contributed by atoms with van der Waals surface area (Å²) in [5, 5.41) is 0. The van der Waals surface area contributed by atoms with Gasteiger partial charge in [-0.1, -0.05) is 0 Å². The molecule has 0 aromatic heterocycles. The van der Waals surface area contributed by atoms with Gasteiger partial charge in [-0.25, -0.2) is 0 Å². The molecule has 0 saturated carbocycles. The predicted octanol–water partition coefficient (Wildman–Crippen LogP) is 0.239. The zero-order chi connectivity index (χ0) is 12.4. The Kier molecular flexibility index (Phi) is 3.19. The lowest BCUT2D eigenvalue weighted by molar-refractivity contribution is 0.0664. The fourth-order valence-electron chi connectivity index (χ4n) is 1.99. The molecule has 4 N–H and O–H groups in total. The molecule has 0 atom stereocenters. The van der Waals surface area contributed by atoms with Crippen molar-refractivity contribution in [1.82, 2.24) is 9.80 Å². The Bertz CT molecular complexity index is 404. The van der Waals surface area contributed by atoms with Crippen LogP contribution in [0.15, 0.2) is 18.2 Å². The molecule has 17 heavy (non-hydrogen) atoms. The second-order valence-corrected chi connectivity index (χ2v) is 4.48. The number of likely N-dealkylation sites (N-methyl/N-ethyl adjacent to an activating group) is 1. The quantitative estimate of drug-likeness (QED) is 0.682. The predicted molar refractivity (Wildman–Crippen MR) is 68.7 cm³/mol. The van der Waals surface area contributed by atoms with E-state index in [4.69, 9.17) is 11.5 Å². The van der Waals surface area contributed by atoms with Crippen LogP contribution in [0.25, 0.3) is 0 Å². The molecule has 5 heteroatoms. The van der Waals surface area contributed by atoms with E-state index >= 15 is 0 Å². The van der Waals surface area contributed by atoms with Gasteiger partial charge >= 0.3 is 0 Å². The smallest absolute Gasteiger partial charge is 0.254 e. The summed E-state index contributed by atoms with van der Waals surface area (Å²) >= 11 is 0. The molecule has 1 aliphatic rings. The number of amides is 1. The van der Waals surface area contributed by atoms with E-state index < -0.39 is 0 Å². The lowest BCUT2D eigenvalue weighted by atomic mass is 10.1. The Balaban J connectivity index is 2.14. The standard InChI is InChI=1S/C12H18N4O/c1-15-2-4-16(5-3-15)12(17)9-6-10(13)8-11(14)7-9/h6-8H,2-5,13-14H2,1H3. The van der Waals surface area contributed by atoms with E-state index in [1.54, 1.807) is 18.2 Å². The van der Waals surface area contributed by atoms with Crippen molar-refractivity contribution in [3.63, 3.8) is 0 Å². The van der Waals surface area contributed by atoms with Crippen molar-refractivity contribution in [3.8, 4) is 0 Å². The van der Waals surface area contributed by atoms with Gasteiger partial charge in [-0.2, -0.15) is 0 Å². The summed E-state index contributed by atoms with van der Waals surface area (Å²) < 4.78 is 0. The van der Waals surface area contributed by atoms with E-state index in [1.807, 2.05) is 4.90 Å². The third kappa shape index (κ3) is 2.68. The van der Waals surface area contributed by atoms with Crippen molar-refractivity contribution in [2.45, 2.75) is 0 Å². The first-order valence-electron chi connectivity index (χ1n) is 5.70. The average Bonchev–Trinajstić information content (AvgIpc) is 2.28. The van der Waals surface area contributed by atoms with Crippen molar-refractivity contribution >= 4 is 17.3 Å². The molecule has 0 aliphatic carbocycles. The van der Waals surface area contributed by atoms with Gasteiger partial charge in [0.1, 0.15) is 0 Å². The lowest BCUT2D eigenvalue weighted by Gasteiger charge is -2.32. The summed E-state index contributed by atoms with van der Waals surface area (Å²) in [6.07, 6.45) is 0. The molecule has 0 radical (unpaired) electrons. The molecule has 92 valence electrons. The summed E-state index contributed by atoms with van der Waals surface area (Å²) in [5.41, 5.74) is 13.0. The topological polar surface area (TPSA) is 75.6 Å². The summed E-state index contributed by atoms with van der Waals surface area (Å²) in [7, 11) is 2.06. The Morgan fingerprint density at radius 1 is 1.06 bits per heavy atom. The fourth-order valence-corrected chi connectivity index (χ4v) is 1.99. The van der Waals surface area contributed by atoms with Gasteiger partial charge in [0.2, 0.25) is 0 Å². The Hall–Kier alpha value is -1.75. The number of carbonyl (C=O) groups excluding carboxylic acids is 1. The largest absolute Gasteiger partial charge is 0.399 e. The molecule has 1 aliphatic heterocycles. The van der Waals surface area contributed by atoms with Crippen LogP contribution in [0.3, 0.4) is 0 Å². The Labute approximate surface area is 101 Å². The molecule has 0 spiro atoms. The summed E-state index contributed by atoms with van der Waals surface area (Å²) in [4.78, 5) is 16.3. The monoisotopic (exact) mass is 234 g/mol. The van der Waals surface area contributed by atoms with E-state index in [0.29, 0.717) is 16.9 Å². The molecule has 5 nitrogen and oxygen atoms in total. The minimum atomic E-state index is 0.0112. The number of anilines is 2. The van der Waals surface area contributed by atoms with Gasteiger partial charge in [-0.05, 0) is 25.2 Å². The lowest BCUT2D eigenvalue weighted by Crippen LogP contribution is -2.47. The van der Waals surface area contributed by atoms with Gasteiger partial charge in [0, 0.05) is 43.1 Å². The third-order valence-corrected chi connectivity index (χ3v) is 3.02. The molecule has 1 aromatic carbocycles. The van der Waals surface area contributed by atoms with Gasteiger partial charge in [-0.15, -0.1) is 0 Å². The highest BCUT2D eigenvalue weighted by Gasteiger charge is 2.20. The van der Waals surface area contributed by atoms with Crippen LogP contribution in [0.4, 0.5) is 11.4 Å². The van der Waals surface area contributed by atoms with E-state index in [0.717, 1.165) is 26.2 Å². The van der Waals surface area contributed by atoms with Crippen molar-refractivity contribution in [1.29, 1.82) is 0 Å². The maximum atomic E-state index is 12.2. The van der Waals surface area contributed by atoms with Crippen LogP contribution in [0.5, 0.6) is 0 Å². The van der Waals surface area contributed by atoms with Crippen molar-refractivity contribution < 1.29 is 4.79 Å². The molecule has 1 heterocycles. The molecule has 1 fully saturated rings. The molecular formula is C12H18N4O. The maximum Gasteiger partial charge on any atom is 0.254 e. The van der Waals surface area contributed by atoms with Crippen LogP contribution in [-0.2, 0) is 0 Å². The summed E-state index contributed by atoms with van der Waals surface area (Å²) in [6, 6.07) is 5.01. The summed E-state index contributed by atoms with van der Waals surface area (Å²) in [6.45, 7) is 3.32. The van der Waals surface area contributed by atoms with Gasteiger partial charge in [0.25, 0.3) is 5.91 Å². The molecule has 1 amide bonds. The SMILES string of the molecule is CN1CCN(C(=O)c2cc(N)cc(N)c2)CC1. The molecule has 2 rings (SSSR count). The number of nitrogens with two attached hydrogens (primary N) is 2. The number of hydrogen-bond acceptors (Lipinski definition) is 4. The van der Waals surface area contributed by atoms with Crippen LogP contribution >= 0.6 is 0 Å². The first-order valence-corrected chi connectivity index (χ1v) is 5.70. The highest BCUT2D eigenvalue weighted by atomic mass is 16.2. The first kappa shape index (κ1) is 11.7. The van der Waals surface area contributed by atoms with Crippen LogP contribution < -0.4 is 11.5 Å². The number of hydrogen-bond donors (Lipinski definition) is 2. The van der Waals surface area contributed by atoms with Gasteiger partial charge in [-0.3, -0.25) is 4.79 Å². The number of rotatable bonds is 1. The van der Waals surface area contributed by atoms with E-state index in [9.17, 15) is 4.79 Å². The van der Waals surface area contributed by atoms with Crippen LogP contribution in [0, 0.1) is 0 Å². The number of benzene rings is 1. The fraction of sp³-hybridized carbons (Fsp3) is 0.417. The van der Waals surface area contributed by atoms with Gasteiger partial charge in [0.05, 0.1) is 0 Å². The van der Waals surface area contributed by atoms with Crippen LogP contribution in [-0.4, -0.2) is 48.9 Å². The van der Waals surface area contributed by atoms with E-state index in [2.05, 4.69) is 11.9 Å². The Morgan fingerprint density at radius 3 is 2.12 bits per heavy atom. The van der Waals surface area contributed by atoms with Crippen LogP contribution in [0.1, 0.15) is 10.4 Å². The Morgan fingerprint density at radius 2 is 1.59 bits per heavy atom. The number of piperazine rings is 1. The van der Waals surface area contributed by atoms with E-state index in [-0.39, 0.29) is 5.91 Å². The zero-order valence-corrected chi connectivity index (χ0v) is 10.0. The van der Waals surface area contributed by atoms with Crippen LogP contribution in [0.2, 0.25) is 0 Å². The second-order valence-electron chi connectivity index (χ2n) is 4.48. The van der Waals surface area contributed by atoms with Gasteiger partial charge < -0.3 is 21.3 Å². The number of carbonyl (C=O) groups is 1. The maximum absolute atomic E-state index is 12.2. The van der Waals surface area contributed by atoms with E-state index in [1.165, 1.54) is 0 Å². The van der Waals surface area contributed by atoms with Crippen molar-refractivity contribution in [3.05, 3.63) is 23.8 Å². The number of nitrogens with zero attached hydrogens (tertiary/aromatic N) is 2. The highest BCUT2D eigenvalue weighted by Crippen LogP contribution is 2.16. The highest BCUT2D eigenvalue weighted by molar-refractivity contribution is 5.96. The molecule has 0 bridgehead atoms. The molecular weight excluding hydrogens is 216 g/mol. The molecule has 1 aromatic rings. The summed E-state index contributed by atoms with van der Waals surface area (Å²) in [5.74, 6) is 0.0112. The zero-order valence-electron chi connectivity index (χ0n) is 10.0. The third-order valence-electron chi connectivity index (χ3n) is 3.02. The second kappa shape index (κ2) is 4.63. The number of nitrogen functional groups attached to an aromatic ring is 2. The minimum absolute atomic E-state index is 0.0112. The van der Waals surface area contributed by atoms with Crippen molar-refractivity contribution in [2.75, 3.05) is 44.7 Å². The molecule has 0 unspecified atom stereocenters. The minimum Gasteiger partial charge on any atom is -0.399 e. The van der Waals surface area contributed by atoms with Gasteiger partial charge in [0.15, 0.2) is 0 Å². The average molecular weight is 234 g/mol. The molecule has 1 saturated heterocycles.